The quantitative estimate of drug-likeness (QED) is 0.427. The summed E-state index contributed by atoms with van der Waals surface area (Å²) in [5.41, 5.74) is 0. The van der Waals surface area contributed by atoms with Gasteiger partial charge in [0.1, 0.15) is 0 Å². The second kappa shape index (κ2) is 2.96. The Morgan fingerprint density at radius 3 is 1.67 bits per heavy atom. The molecule has 0 bridgehead atoms. The van der Waals surface area contributed by atoms with E-state index in [-0.39, 0.29) is 19.2 Å². The maximum absolute atomic E-state index is 10.4. The molecule has 1 aliphatic rings. The van der Waals surface area contributed by atoms with Crippen LogP contribution in [0, 0.1) is 0 Å². The minimum atomic E-state index is -0.144. The van der Waals surface area contributed by atoms with Gasteiger partial charge in [0, 0.05) is 12.8 Å². The van der Waals surface area contributed by atoms with Crippen molar-refractivity contribution >= 4 is 28.0 Å². The summed E-state index contributed by atoms with van der Waals surface area (Å²) < 4.78 is 0.979. The molecule has 4 heteroatoms. The number of imide groups is 1. The van der Waals surface area contributed by atoms with Crippen LogP contribution >= 0.6 is 16.1 Å². The molecule has 0 aromatic carbocycles. The van der Waals surface area contributed by atoms with Crippen molar-refractivity contribution in [1.82, 2.24) is 3.93 Å². The number of amides is 2. The highest BCUT2D eigenvalue weighted by Crippen LogP contribution is 2.14. The minimum Gasteiger partial charge on any atom is -0.274 e. The Labute approximate surface area is 62.4 Å². The van der Waals surface area contributed by atoms with Crippen LogP contribution in [-0.2, 0) is 9.59 Å². The summed E-state index contributed by atoms with van der Waals surface area (Å²) in [6.07, 6.45) is 0.703. The van der Waals surface area contributed by atoms with Crippen molar-refractivity contribution in [2.45, 2.75) is 20.3 Å². The van der Waals surface area contributed by atoms with Crippen molar-refractivity contribution in [2.75, 3.05) is 0 Å². The molecule has 0 aromatic heterocycles. The first-order chi connectivity index (χ1) is 3.72. The smallest absolute Gasteiger partial charge is 0.239 e. The molecule has 0 atom stereocenters. The van der Waals surface area contributed by atoms with Crippen LogP contribution < -0.4 is 0 Å². The SMILES string of the molecule is C.O=C1CCC(=O)N1Br. The predicted octanol–water partition coefficient (Wildman–Crippen LogP) is 1.08. The first-order valence-corrected chi connectivity index (χ1v) is 2.94. The molecule has 52 valence electrons. The van der Waals surface area contributed by atoms with Crippen molar-refractivity contribution in [2.24, 2.45) is 0 Å². The van der Waals surface area contributed by atoms with Gasteiger partial charge in [-0.3, -0.25) is 9.59 Å². The van der Waals surface area contributed by atoms with Gasteiger partial charge >= 0.3 is 0 Å². The molecule has 1 aliphatic heterocycles. The first kappa shape index (κ1) is 8.62. The van der Waals surface area contributed by atoms with Gasteiger partial charge in [-0.05, 0) is 0 Å². The van der Waals surface area contributed by atoms with E-state index in [1.165, 1.54) is 0 Å². The van der Waals surface area contributed by atoms with E-state index < -0.39 is 0 Å². The maximum atomic E-state index is 10.4. The third kappa shape index (κ3) is 1.51. The Balaban J connectivity index is 0.000000640. The molecule has 0 N–H and O–H groups in total. The van der Waals surface area contributed by atoms with Crippen LogP contribution in [0.3, 0.4) is 0 Å². The Bertz CT molecular complexity index is 130. The number of halogens is 1. The molecular formula is C5H8BrNO2. The summed E-state index contributed by atoms with van der Waals surface area (Å²) in [5.74, 6) is -0.287. The molecule has 0 aromatic rings. The lowest BCUT2D eigenvalue weighted by atomic mass is 10.4. The molecule has 2 amide bonds. The summed E-state index contributed by atoms with van der Waals surface area (Å²) in [5, 5.41) is 0. The van der Waals surface area contributed by atoms with Crippen molar-refractivity contribution in [3.05, 3.63) is 0 Å². The van der Waals surface area contributed by atoms with Crippen LogP contribution in [0.4, 0.5) is 0 Å². The van der Waals surface area contributed by atoms with Gasteiger partial charge < -0.3 is 0 Å². The topological polar surface area (TPSA) is 37.4 Å². The zero-order valence-electron chi connectivity index (χ0n) is 4.06. The number of rotatable bonds is 0. The van der Waals surface area contributed by atoms with Crippen LogP contribution in [0.2, 0.25) is 0 Å². The number of hydrogen-bond donors (Lipinski definition) is 0. The third-order valence-corrected chi connectivity index (χ3v) is 1.78. The van der Waals surface area contributed by atoms with Gasteiger partial charge in [0.05, 0.1) is 16.1 Å². The monoisotopic (exact) mass is 193 g/mol. The Kier molecular flexibility index (Phi) is 2.84. The van der Waals surface area contributed by atoms with Crippen LogP contribution in [0.15, 0.2) is 0 Å². The molecule has 0 unspecified atom stereocenters. The summed E-state index contributed by atoms with van der Waals surface area (Å²) in [6.45, 7) is 0. The van der Waals surface area contributed by atoms with E-state index in [1.807, 2.05) is 0 Å². The van der Waals surface area contributed by atoms with Crippen molar-refractivity contribution in [3.63, 3.8) is 0 Å². The van der Waals surface area contributed by atoms with Gasteiger partial charge in [-0.25, -0.2) is 3.93 Å². The lowest BCUT2D eigenvalue weighted by molar-refractivity contribution is -0.131. The average molecular weight is 194 g/mol. The number of carbonyl (C=O) groups excluding carboxylic acids is 2. The van der Waals surface area contributed by atoms with Crippen LogP contribution in [0.25, 0.3) is 0 Å². The molecule has 1 saturated heterocycles. The Hall–Kier alpha value is -0.380. The van der Waals surface area contributed by atoms with Crippen molar-refractivity contribution < 1.29 is 9.59 Å². The predicted molar refractivity (Wildman–Crippen MR) is 36.7 cm³/mol. The third-order valence-electron chi connectivity index (χ3n) is 0.991. The summed E-state index contributed by atoms with van der Waals surface area (Å²) in [6, 6.07) is 0. The highest BCUT2D eigenvalue weighted by atomic mass is 79.9. The lowest BCUT2D eigenvalue weighted by Crippen LogP contribution is -2.16. The average Bonchev–Trinajstić information content (AvgIpc) is 1.98. The molecule has 1 rings (SSSR count). The molecular weight excluding hydrogens is 186 g/mol. The molecule has 9 heavy (non-hydrogen) atoms. The van der Waals surface area contributed by atoms with Gasteiger partial charge in [-0.15, -0.1) is 0 Å². The minimum absolute atomic E-state index is 0. The fourth-order valence-electron chi connectivity index (χ4n) is 0.549. The zero-order chi connectivity index (χ0) is 6.15. The molecule has 3 nitrogen and oxygen atoms in total. The maximum Gasteiger partial charge on any atom is 0.239 e. The van der Waals surface area contributed by atoms with Crippen molar-refractivity contribution in [1.29, 1.82) is 0 Å². The molecule has 1 fully saturated rings. The van der Waals surface area contributed by atoms with E-state index in [2.05, 4.69) is 16.1 Å². The van der Waals surface area contributed by atoms with E-state index in [4.69, 9.17) is 0 Å². The fraction of sp³-hybridized carbons (Fsp3) is 0.600. The summed E-state index contributed by atoms with van der Waals surface area (Å²) in [4.78, 5) is 20.9. The molecule has 0 spiro atoms. The Morgan fingerprint density at radius 2 is 1.56 bits per heavy atom. The summed E-state index contributed by atoms with van der Waals surface area (Å²) in [7, 11) is 0. The van der Waals surface area contributed by atoms with Gasteiger partial charge in [-0.2, -0.15) is 0 Å². The second-order valence-electron chi connectivity index (χ2n) is 1.57. The van der Waals surface area contributed by atoms with E-state index >= 15 is 0 Å². The normalized spacial score (nSPS) is 18.1. The second-order valence-corrected chi connectivity index (χ2v) is 2.28. The number of hydrogen-bond acceptors (Lipinski definition) is 2. The first-order valence-electron chi connectivity index (χ1n) is 2.23. The highest BCUT2D eigenvalue weighted by Gasteiger charge is 2.26. The van der Waals surface area contributed by atoms with Crippen LogP contribution in [0.5, 0.6) is 0 Å². The molecule has 0 radical (unpaired) electrons. The van der Waals surface area contributed by atoms with Gasteiger partial charge in [-0.1, -0.05) is 7.43 Å². The van der Waals surface area contributed by atoms with E-state index in [9.17, 15) is 9.59 Å². The van der Waals surface area contributed by atoms with Crippen LogP contribution in [0.1, 0.15) is 20.3 Å². The van der Waals surface area contributed by atoms with Crippen molar-refractivity contribution in [3.8, 4) is 0 Å². The molecule has 0 saturated carbocycles. The van der Waals surface area contributed by atoms with Crippen LogP contribution in [-0.4, -0.2) is 15.7 Å². The van der Waals surface area contributed by atoms with Gasteiger partial charge in [0.25, 0.3) is 0 Å². The van der Waals surface area contributed by atoms with E-state index in [0.29, 0.717) is 12.8 Å². The van der Waals surface area contributed by atoms with E-state index in [1.54, 1.807) is 0 Å². The lowest BCUT2D eigenvalue weighted by Gasteiger charge is -1.97. The number of nitrogens with zero attached hydrogens (tertiary/aromatic N) is 1. The summed E-state index contributed by atoms with van der Waals surface area (Å²) >= 11 is 2.80. The number of carbonyl (C=O) groups is 2. The Morgan fingerprint density at radius 1 is 1.22 bits per heavy atom. The van der Waals surface area contributed by atoms with Gasteiger partial charge in [0.2, 0.25) is 11.8 Å². The molecule has 0 aliphatic carbocycles. The standard InChI is InChI=1S/C4H4BrNO2.CH4/c5-6-3(7)1-2-4(6)8;/h1-2H2;1H4. The van der Waals surface area contributed by atoms with E-state index in [0.717, 1.165) is 3.93 Å². The van der Waals surface area contributed by atoms with Gasteiger partial charge in [0.15, 0.2) is 0 Å². The largest absolute Gasteiger partial charge is 0.274 e. The molecule has 1 heterocycles. The highest BCUT2D eigenvalue weighted by molar-refractivity contribution is 9.08. The zero-order valence-corrected chi connectivity index (χ0v) is 5.64. The fourth-order valence-corrected chi connectivity index (χ4v) is 0.904.